The lowest BCUT2D eigenvalue weighted by Crippen LogP contribution is -2.17. The molecule has 4 heteroatoms. The first-order valence-corrected chi connectivity index (χ1v) is 6.56. The van der Waals surface area contributed by atoms with Gasteiger partial charge < -0.3 is 10.1 Å². The average Bonchev–Trinajstić information content (AvgIpc) is 2.43. The molecule has 1 N–H and O–H groups in total. The maximum absolute atomic E-state index is 13.5. The van der Waals surface area contributed by atoms with Gasteiger partial charge >= 0.3 is 0 Å². The Balaban J connectivity index is 2.10. The van der Waals surface area contributed by atoms with Crippen LogP contribution >= 0.6 is 0 Å². The molecule has 0 aromatic heterocycles. The molecule has 2 aromatic rings. The zero-order valence-electron chi connectivity index (χ0n) is 11.5. The van der Waals surface area contributed by atoms with E-state index in [0.717, 1.165) is 18.2 Å². The molecule has 1 unspecified atom stereocenters. The second-order valence-electron chi connectivity index (χ2n) is 4.53. The first kappa shape index (κ1) is 14.5. The second-order valence-corrected chi connectivity index (χ2v) is 4.53. The predicted molar refractivity (Wildman–Crippen MR) is 75.0 cm³/mol. The number of ether oxygens (including phenoxy) is 1. The van der Waals surface area contributed by atoms with Crippen molar-refractivity contribution in [3.63, 3.8) is 0 Å². The van der Waals surface area contributed by atoms with Crippen LogP contribution in [-0.2, 0) is 0 Å². The standard InChI is InChI=1S/C16H17F2NO/c1-3-19-11(2)12-4-7-14(8-5-12)20-16-9-6-13(17)10-15(16)18/h4-11,19H,3H2,1-2H3. The lowest BCUT2D eigenvalue weighted by Gasteiger charge is -2.13. The molecule has 0 heterocycles. The molecule has 0 aliphatic heterocycles. The Labute approximate surface area is 117 Å². The fourth-order valence-corrected chi connectivity index (χ4v) is 1.93. The third kappa shape index (κ3) is 3.54. The van der Waals surface area contributed by atoms with Gasteiger partial charge in [-0.05, 0) is 43.3 Å². The molecule has 0 amide bonds. The molecule has 2 aromatic carbocycles. The van der Waals surface area contributed by atoms with Crippen molar-refractivity contribution in [2.45, 2.75) is 19.9 Å². The highest BCUT2D eigenvalue weighted by Gasteiger charge is 2.07. The van der Waals surface area contributed by atoms with Crippen LogP contribution in [0.3, 0.4) is 0 Å². The highest BCUT2D eigenvalue weighted by Crippen LogP contribution is 2.26. The number of benzene rings is 2. The van der Waals surface area contributed by atoms with Crippen LogP contribution in [0.4, 0.5) is 8.78 Å². The second kappa shape index (κ2) is 6.48. The van der Waals surface area contributed by atoms with Gasteiger partial charge in [-0.3, -0.25) is 0 Å². The van der Waals surface area contributed by atoms with Crippen molar-refractivity contribution in [2.75, 3.05) is 6.54 Å². The van der Waals surface area contributed by atoms with Crippen molar-refractivity contribution in [3.8, 4) is 11.5 Å². The van der Waals surface area contributed by atoms with Crippen molar-refractivity contribution in [2.24, 2.45) is 0 Å². The molecule has 2 rings (SSSR count). The summed E-state index contributed by atoms with van der Waals surface area (Å²) in [4.78, 5) is 0. The van der Waals surface area contributed by atoms with Crippen molar-refractivity contribution in [1.82, 2.24) is 5.32 Å². The quantitative estimate of drug-likeness (QED) is 0.873. The van der Waals surface area contributed by atoms with Gasteiger partial charge in [-0.15, -0.1) is 0 Å². The number of hydrogen-bond acceptors (Lipinski definition) is 2. The summed E-state index contributed by atoms with van der Waals surface area (Å²) in [5.74, 6) is -0.804. The minimum Gasteiger partial charge on any atom is -0.454 e. The lowest BCUT2D eigenvalue weighted by atomic mass is 10.1. The molecule has 106 valence electrons. The average molecular weight is 277 g/mol. The van der Waals surface area contributed by atoms with Crippen LogP contribution in [0.25, 0.3) is 0 Å². The minimum absolute atomic E-state index is 0.0129. The Hall–Kier alpha value is -1.94. The molecule has 0 radical (unpaired) electrons. The largest absolute Gasteiger partial charge is 0.454 e. The Morgan fingerprint density at radius 3 is 2.40 bits per heavy atom. The van der Waals surface area contributed by atoms with Gasteiger partial charge in [0.25, 0.3) is 0 Å². The van der Waals surface area contributed by atoms with Crippen LogP contribution in [0.15, 0.2) is 42.5 Å². The number of nitrogens with one attached hydrogen (secondary N) is 1. The molecule has 20 heavy (non-hydrogen) atoms. The monoisotopic (exact) mass is 277 g/mol. The molecule has 1 atom stereocenters. The van der Waals surface area contributed by atoms with E-state index in [1.165, 1.54) is 12.1 Å². The van der Waals surface area contributed by atoms with E-state index >= 15 is 0 Å². The predicted octanol–water partition coefficient (Wildman–Crippen LogP) is 4.43. The Morgan fingerprint density at radius 1 is 1.10 bits per heavy atom. The summed E-state index contributed by atoms with van der Waals surface area (Å²) in [6.07, 6.45) is 0. The van der Waals surface area contributed by atoms with Crippen LogP contribution in [-0.4, -0.2) is 6.54 Å². The molecular formula is C16H17F2NO. The smallest absolute Gasteiger partial charge is 0.168 e. The zero-order valence-corrected chi connectivity index (χ0v) is 11.5. The highest BCUT2D eigenvalue weighted by atomic mass is 19.1. The van der Waals surface area contributed by atoms with Crippen molar-refractivity contribution in [3.05, 3.63) is 59.7 Å². The van der Waals surface area contributed by atoms with Crippen LogP contribution in [0.5, 0.6) is 11.5 Å². The van der Waals surface area contributed by atoms with E-state index < -0.39 is 11.6 Å². The highest BCUT2D eigenvalue weighted by molar-refractivity contribution is 5.34. The number of rotatable bonds is 5. The van der Waals surface area contributed by atoms with E-state index in [9.17, 15) is 8.78 Å². The fraction of sp³-hybridized carbons (Fsp3) is 0.250. The molecule has 0 bridgehead atoms. The molecule has 0 saturated carbocycles. The maximum Gasteiger partial charge on any atom is 0.168 e. The topological polar surface area (TPSA) is 21.3 Å². The first-order valence-electron chi connectivity index (χ1n) is 6.56. The van der Waals surface area contributed by atoms with Crippen LogP contribution in [0.1, 0.15) is 25.5 Å². The molecule has 0 saturated heterocycles. The van der Waals surface area contributed by atoms with E-state index in [4.69, 9.17) is 4.74 Å². The van der Waals surface area contributed by atoms with Gasteiger partial charge in [-0.1, -0.05) is 19.1 Å². The number of halogens is 2. The summed E-state index contributed by atoms with van der Waals surface area (Å²) in [6.45, 7) is 5.00. The van der Waals surface area contributed by atoms with Crippen LogP contribution in [0, 0.1) is 11.6 Å². The van der Waals surface area contributed by atoms with E-state index in [1.807, 2.05) is 19.1 Å². The van der Waals surface area contributed by atoms with Gasteiger partial charge in [-0.25, -0.2) is 8.78 Å². The summed E-state index contributed by atoms with van der Waals surface area (Å²) >= 11 is 0. The van der Waals surface area contributed by atoms with Gasteiger partial charge in [0.2, 0.25) is 0 Å². The molecule has 2 nitrogen and oxygen atoms in total. The van der Waals surface area contributed by atoms with E-state index in [2.05, 4.69) is 12.2 Å². The molecule has 0 aliphatic rings. The van der Waals surface area contributed by atoms with Crippen molar-refractivity contribution >= 4 is 0 Å². The third-order valence-corrected chi connectivity index (χ3v) is 3.01. The summed E-state index contributed by atoms with van der Waals surface area (Å²) in [5, 5.41) is 3.30. The summed E-state index contributed by atoms with van der Waals surface area (Å²) in [5.41, 5.74) is 1.12. The van der Waals surface area contributed by atoms with Crippen molar-refractivity contribution < 1.29 is 13.5 Å². The fourth-order valence-electron chi connectivity index (χ4n) is 1.93. The normalized spacial score (nSPS) is 12.2. The van der Waals surface area contributed by atoms with E-state index in [1.54, 1.807) is 12.1 Å². The van der Waals surface area contributed by atoms with E-state index in [-0.39, 0.29) is 11.8 Å². The summed E-state index contributed by atoms with van der Waals surface area (Å²) in [7, 11) is 0. The molecular weight excluding hydrogens is 260 g/mol. The lowest BCUT2D eigenvalue weighted by molar-refractivity contribution is 0.437. The zero-order chi connectivity index (χ0) is 14.5. The van der Waals surface area contributed by atoms with Gasteiger partial charge in [0, 0.05) is 12.1 Å². The van der Waals surface area contributed by atoms with Crippen molar-refractivity contribution in [1.29, 1.82) is 0 Å². The van der Waals surface area contributed by atoms with Gasteiger partial charge in [-0.2, -0.15) is 0 Å². The van der Waals surface area contributed by atoms with Crippen LogP contribution in [0.2, 0.25) is 0 Å². The summed E-state index contributed by atoms with van der Waals surface area (Å²) < 4.78 is 31.7. The minimum atomic E-state index is -0.713. The van der Waals surface area contributed by atoms with Crippen LogP contribution < -0.4 is 10.1 Å². The first-order chi connectivity index (χ1) is 9.60. The third-order valence-electron chi connectivity index (χ3n) is 3.01. The molecule has 0 spiro atoms. The number of hydrogen-bond donors (Lipinski definition) is 1. The molecule has 0 fully saturated rings. The Kier molecular flexibility index (Phi) is 4.69. The van der Waals surface area contributed by atoms with Gasteiger partial charge in [0.1, 0.15) is 11.6 Å². The maximum atomic E-state index is 13.5. The molecule has 0 aliphatic carbocycles. The SMILES string of the molecule is CCNC(C)c1ccc(Oc2ccc(F)cc2F)cc1. The Morgan fingerprint density at radius 2 is 1.80 bits per heavy atom. The van der Waals surface area contributed by atoms with Gasteiger partial charge in [0.05, 0.1) is 0 Å². The Bertz CT molecular complexity index is 569. The van der Waals surface area contributed by atoms with Gasteiger partial charge in [0.15, 0.2) is 11.6 Å². The summed E-state index contributed by atoms with van der Waals surface area (Å²) in [6, 6.07) is 10.9. The van der Waals surface area contributed by atoms with E-state index in [0.29, 0.717) is 5.75 Å².